The maximum absolute atomic E-state index is 12.2. The van der Waals surface area contributed by atoms with Crippen LogP contribution < -0.4 is 5.32 Å². The van der Waals surface area contributed by atoms with Crippen molar-refractivity contribution in [2.24, 2.45) is 7.05 Å². The van der Waals surface area contributed by atoms with E-state index in [0.29, 0.717) is 25.3 Å². The van der Waals surface area contributed by atoms with Crippen molar-refractivity contribution in [3.05, 3.63) is 23.5 Å². The lowest BCUT2D eigenvalue weighted by molar-refractivity contribution is 0.0144. The van der Waals surface area contributed by atoms with Gasteiger partial charge in [-0.05, 0) is 52.8 Å². The fourth-order valence-electron chi connectivity index (χ4n) is 2.92. The van der Waals surface area contributed by atoms with Crippen molar-refractivity contribution in [3.63, 3.8) is 0 Å². The monoisotopic (exact) mass is 364 g/mol. The Labute approximate surface area is 156 Å². The highest BCUT2D eigenvalue weighted by Gasteiger charge is 2.25. The van der Waals surface area contributed by atoms with Gasteiger partial charge in [0.1, 0.15) is 11.3 Å². The van der Waals surface area contributed by atoms with Crippen LogP contribution in [0.2, 0.25) is 0 Å². The van der Waals surface area contributed by atoms with Gasteiger partial charge in [0.25, 0.3) is 5.91 Å². The summed E-state index contributed by atoms with van der Waals surface area (Å²) < 4.78 is 7.30. The predicted molar refractivity (Wildman–Crippen MR) is 101 cm³/mol. The van der Waals surface area contributed by atoms with Crippen LogP contribution >= 0.6 is 0 Å². The molecule has 1 fully saturated rings. The highest BCUT2D eigenvalue weighted by Crippen LogP contribution is 2.12. The number of aryl methyl sites for hydroxylation is 1. The number of hydrogen-bond donors (Lipinski definition) is 1. The van der Waals surface area contributed by atoms with Crippen molar-refractivity contribution in [1.82, 2.24) is 19.7 Å². The van der Waals surface area contributed by atoms with E-state index in [-0.39, 0.29) is 12.0 Å². The minimum absolute atomic E-state index is 0.0321. The van der Waals surface area contributed by atoms with Gasteiger partial charge in [-0.3, -0.25) is 9.69 Å². The predicted octanol–water partition coefficient (Wildman–Crippen LogP) is 2.01. The average molecular weight is 364 g/mol. The molecule has 1 aliphatic heterocycles. The molecule has 1 saturated heterocycles. The van der Waals surface area contributed by atoms with Crippen LogP contribution in [0.25, 0.3) is 0 Å². The van der Waals surface area contributed by atoms with Gasteiger partial charge in [0.2, 0.25) is 0 Å². The van der Waals surface area contributed by atoms with Gasteiger partial charge in [-0.25, -0.2) is 4.79 Å². The molecule has 0 saturated carbocycles. The number of amides is 2. The van der Waals surface area contributed by atoms with Crippen molar-refractivity contribution in [2.45, 2.75) is 39.7 Å². The Morgan fingerprint density at radius 2 is 1.81 bits per heavy atom. The van der Waals surface area contributed by atoms with Crippen molar-refractivity contribution >= 4 is 12.0 Å². The van der Waals surface area contributed by atoms with Crippen LogP contribution in [-0.2, 0) is 11.8 Å². The fraction of sp³-hybridized carbons (Fsp3) is 0.684. The first-order valence-electron chi connectivity index (χ1n) is 9.28. The highest BCUT2D eigenvalue weighted by atomic mass is 16.6. The zero-order valence-corrected chi connectivity index (χ0v) is 16.7. The second kappa shape index (κ2) is 8.58. The molecule has 2 heterocycles. The van der Waals surface area contributed by atoms with Gasteiger partial charge in [0, 0.05) is 45.5 Å². The molecule has 1 N–H and O–H groups in total. The molecular weight excluding hydrogens is 332 g/mol. The van der Waals surface area contributed by atoms with Gasteiger partial charge in [0.05, 0.1) is 0 Å². The molecular formula is C19H32N4O3. The van der Waals surface area contributed by atoms with Gasteiger partial charge in [-0.15, -0.1) is 0 Å². The summed E-state index contributed by atoms with van der Waals surface area (Å²) in [5.74, 6) is -0.0321. The molecule has 2 rings (SSSR count). The molecule has 0 spiro atoms. The Hall–Kier alpha value is -2.02. The van der Waals surface area contributed by atoms with Crippen molar-refractivity contribution in [2.75, 3.05) is 39.3 Å². The standard InChI is InChI=1S/C19H32N4O3/c1-15-7-8-16(21(15)5)17(24)20-9-6-10-22-11-13-23(14-12-22)18(25)26-19(2,3)4/h7-8H,6,9-14H2,1-5H3,(H,20,24). The van der Waals surface area contributed by atoms with Crippen LogP contribution in [0, 0.1) is 6.92 Å². The number of nitrogens with one attached hydrogen (secondary N) is 1. The molecule has 7 heteroatoms. The van der Waals surface area contributed by atoms with Gasteiger partial charge >= 0.3 is 6.09 Å². The van der Waals surface area contributed by atoms with Crippen LogP contribution in [0.4, 0.5) is 4.79 Å². The number of piperazine rings is 1. The van der Waals surface area contributed by atoms with E-state index < -0.39 is 5.60 Å². The van der Waals surface area contributed by atoms with Gasteiger partial charge in [-0.1, -0.05) is 0 Å². The second-order valence-corrected chi connectivity index (χ2v) is 7.84. The zero-order valence-electron chi connectivity index (χ0n) is 16.7. The molecule has 0 radical (unpaired) electrons. The lowest BCUT2D eigenvalue weighted by atomic mass is 10.2. The normalized spacial score (nSPS) is 15.8. The topological polar surface area (TPSA) is 66.8 Å². The summed E-state index contributed by atoms with van der Waals surface area (Å²) >= 11 is 0. The number of carbonyl (C=O) groups is 2. The van der Waals surface area contributed by atoms with E-state index in [1.54, 1.807) is 4.90 Å². The first-order valence-corrected chi connectivity index (χ1v) is 9.28. The lowest BCUT2D eigenvalue weighted by Crippen LogP contribution is -2.50. The molecule has 0 aromatic carbocycles. The minimum Gasteiger partial charge on any atom is -0.444 e. The molecule has 1 aromatic rings. The molecule has 146 valence electrons. The van der Waals surface area contributed by atoms with E-state index in [1.807, 2.05) is 51.4 Å². The number of hydrogen-bond acceptors (Lipinski definition) is 4. The number of rotatable bonds is 5. The Morgan fingerprint density at radius 1 is 1.15 bits per heavy atom. The number of aromatic nitrogens is 1. The van der Waals surface area contributed by atoms with Crippen LogP contribution in [-0.4, -0.2) is 71.2 Å². The molecule has 7 nitrogen and oxygen atoms in total. The summed E-state index contributed by atoms with van der Waals surface area (Å²) in [6, 6.07) is 3.79. The summed E-state index contributed by atoms with van der Waals surface area (Å²) in [6.07, 6.45) is 0.656. The van der Waals surface area contributed by atoms with Crippen molar-refractivity contribution in [1.29, 1.82) is 0 Å². The summed E-state index contributed by atoms with van der Waals surface area (Å²) in [5.41, 5.74) is 1.30. The number of carbonyl (C=O) groups excluding carboxylic acids is 2. The average Bonchev–Trinajstić information content (AvgIpc) is 2.90. The van der Waals surface area contributed by atoms with E-state index in [1.165, 1.54) is 0 Å². The third-order valence-corrected chi connectivity index (χ3v) is 4.57. The molecule has 26 heavy (non-hydrogen) atoms. The van der Waals surface area contributed by atoms with E-state index in [9.17, 15) is 9.59 Å². The van der Waals surface area contributed by atoms with E-state index in [0.717, 1.165) is 31.7 Å². The second-order valence-electron chi connectivity index (χ2n) is 7.84. The van der Waals surface area contributed by atoms with E-state index in [2.05, 4.69) is 10.2 Å². The largest absolute Gasteiger partial charge is 0.444 e. The van der Waals surface area contributed by atoms with Crippen LogP contribution in [0.1, 0.15) is 43.4 Å². The minimum atomic E-state index is -0.455. The Morgan fingerprint density at radius 3 is 2.35 bits per heavy atom. The molecule has 0 aliphatic carbocycles. The first kappa shape index (κ1) is 20.3. The molecule has 2 amide bonds. The Bertz CT molecular complexity index is 625. The smallest absolute Gasteiger partial charge is 0.410 e. The van der Waals surface area contributed by atoms with Crippen molar-refractivity contribution in [3.8, 4) is 0 Å². The third-order valence-electron chi connectivity index (χ3n) is 4.57. The highest BCUT2D eigenvalue weighted by molar-refractivity contribution is 5.92. The number of nitrogens with zero attached hydrogens (tertiary/aromatic N) is 3. The van der Waals surface area contributed by atoms with Crippen molar-refractivity contribution < 1.29 is 14.3 Å². The van der Waals surface area contributed by atoms with Gasteiger partial charge in [-0.2, -0.15) is 0 Å². The van der Waals surface area contributed by atoms with E-state index in [4.69, 9.17) is 4.74 Å². The summed E-state index contributed by atoms with van der Waals surface area (Å²) in [4.78, 5) is 28.3. The first-order chi connectivity index (χ1) is 12.2. The molecule has 1 aromatic heterocycles. The molecule has 0 unspecified atom stereocenters. The van der Waals surface area contributed by atoms with Crippen LogP contribution in [0.5, 0.6) is 0 Å². The third kappa shape index (κ3) is 5.76. The molecule has 0 bridgehead atoms. The van der Waals surface area contributed by atoms with Crippen LogP contribution in [0.3, 0.4) is 0 Å². The quantitative estimate of drug-likeness (QED) is 0.812. The maximum Gasteiger partial charge on any atom is 0.410 e. The molecule has 1 aliphatic rings. The SMILES string of the molecule is Cc1ccc(C(=O)NCCCN2CCN(C(=O)OC(C)(C)C)CC2)n1C. The number of ether oxygens (including phenoxy) is 1. The molecule has 0 atom stereocenters. The maximum atomic E-state index is 12.2. The summed E-state index contributed by atoms with van der Waals surface area (Å²) in [7, 11) is 1.90. The van der Waals surface area contributed by atoms with Gasteiger partial charge in [0.15, 0.2) is 0 Å². The Kier molecular flexibility index (Phi) is 6.69. The van der Waals surface area contributed by atoms with Crippen LogP contribution in [0.15, 0.2) is 12.1 Å². The van der Waals surface area contributed by atoms with Gasteiger partial charge < -0.3 is 19.5 Å². The zero-order chi connectivity index (χ0) is 19.3. The van der Waals surface area contributed by atoms with E-state index >= 15 is 0 Å². The fourth-order valence-corrected chi connectivity index (χ4v) is 2.92. The summed E-state index contributed by atoms with van der Waals surface area (Å²) in [5, 5.41) is 2.97. The summed E-state index contributed by atoms with van der Waals surface area (Å²) in [6.45, 7) is 12.2. The Balaban J connectivity index is 1.64. The lowest BCUT2D eigenvalue weighted by Gasteiger charge is -2.35.